The Bertz CT molecular complexity index is 320. The van der Waals surface area contributed by atoms with E-state index >= 15 is 0 Å². The number of hydrogen-bond donors (Lipinski definition) is 2. The van der Waals surface area contributed by atoms with Gasteiger partial charge in [0.2, 0.25) is 0 Å². The second-order valence-corrected chi connectivity index (χ2v) is 4.31. The van der Waals surface area contributed by atoms with Crippen LogP contribution in [0.15, 0.2) is 16.7 Å². The molecule has 0 radical (unpaired) electrons. The van der Waals surface area contributed by atoms with Crippen molar-refractivity contribution in [2.45, 2.75) is 13.0 Å². The first-order chi connectivity index (χ1) is 7.13. The van der Waals surface area contributed by atoms with E-state index in [2.05, 4.69) is 25.8 Å². The summed E-state index contributed by atoms with van der Waals surface area (Å²) in [7, 11) is 2.00. The molecule has 0 atom stereocenters. The largest absolute Gasteiger partial charge is 0.396 e. The van der Waals surface area contributed by atoms with Crippen LogP contribution < -0.4 is 5.73 Å². The van der Waals surface area contributed by atoms with Gasteiger partial charge in [0.1, 0.15) is 10.4 Å². The average molecular weight is 274 g/mol. The lowest BCUT2D eigenvalue weighted by atomic mass is 10.2. The molecule has 84 valence electrons. The van der Waals surface area contributed by atoms with E-state index in [1.807, 2.05) is 19.2 Å². The zero-order valence-electron chi connectivity index (χ0n) is 8.78. The van der Waals surface area contributed by atoms with E-state index in [-0.39, 0.29) is 6.61 Å². The summed E-state index contributed by atoms with van der Waals surface area (Å²) in [5.74, 6) is 0.556. The number of nitrogens with zero attached hydrogens (tertiary/aromatic N) is 2. The number of anilines is 1. The summed E-state index contributed by atoms with van der Waals surface area (Å²) in [5.41, 5.74) is 6.79. The average Bonchev–Trinajstić information content (AvgIpc) is 2.19. The number of hydrogen-bond acceptors (Lipinski definition) is 4. The molecule has 0 aliphatic heterocycles. The van der Waals surface area contributed by atoms with Crippen LogP contribution in [0.3, 0.4) is 0 Å². The summed E-state index contributed by atoms with van der Waals surface area (Å²) < 4.78 is 0.752. The molecule has 15 heavy (non-hydrogen) atoms. The van der Waals surface area contributed by atoms with Crippen molar-refractivity contribution in [2.24, 2.45) is 0 Å². The fraction of sp³-hybridized carbons (Fsp3) is 0.500. The summed E-state index contributed by atoms with van der Waals surface area (Å²) in [6, 6.07) is 3.84. The maximum atomic E-state index is 8.70. The van der Waals surface area contributed by atoms with Crippen LogP contribution in [0.4, 0.5) is 5.82 Å². The van der Waals surface area contributed by atoms with Crippen LogP contribution in [0.5, 0.6) is 0 Å². The van der Waals surface area contributed by atoms with Crippen LogP contribution >= 0.6 is 15.9 Å². The fourth-order valence-corrected chi connectivity index (χ4v) is 1.65. The van der Waals surface area contributed by atoms with Crippen molar-refractivity contribution in [3.8, 4) is 0 Å². The number of pyridine rings is 1. The molecule has 3 N–H and O–H groups in total. The molecule has 0 bridgehead atoms. The molecule has 0 aliphatic rings. The highest BCUT2D eigenvalue weighted by Crippen LogP contribution is 2.15. The molecule has 1 heterocycles. The van der Waals surface area contributed by atoms with Crippen molar-refractivity contribution in [1.29, 1.82) is 0 Å². The van der Waals surface area contributed by atoms with Gasteiger partial charge in [0.15, 0.2) is 0 Å². The molecule has 0 fully saturated rings. The number of nitrogens with two attached hydrogens (primary N) is 1. The minimum atomic E-state index is 0.221. The van der Waals surface area contributed by atoms with E-state index in [4.69, 9.17) is 10.8 Å². The molecule has 0 unspecified atom stereocenters. The molecule has 1 aromatic rings. The quantitative estimate of drug-likeness (QED) is 0.793. The summed E-state index contributed by atoms with van der Waals surface area (Å²) in [6.07, 6.45) is 0.778. The van der Waals surface area contributed by atoms with Crippen molar-refractivity contribution < 1.29 is 5.11 Å². The molecular weight excluding hydrogens is 258 g/mol. The molecule has 0 saturated carbocycles. The lowest BCUT2D eigenvalue weighted by Gasteiger charge is -2.16. The van der Waals surface area contributed by atoms with Crippen molar-refractivity contribution in [2.75, 3.05) is 25.9 Å². The van der Waals surface area contributed by atoms with Gasteiger partial charge in [0, 0.05) is 25.3 Å². The summed E-state index contributed by atoms with van der Waals surface area (Å²) >= 11 is 3.27. The topological polar surface area (TPSA) is 62.4 Å². The molecule has 1 rings (SSSR count). The van der Waals surface area contributed by atoms with Gasteiger partial charge >= 0.3 is 0 Å². The van der Waals surface area contributed by atoms with E-state index in [0.717, 1.165) is 29.7 Å². The number of aliphatic hydroxyl groups excluding tert-OH is 1. The molecular formula is C10H16BrN3O. The van der Waals surface area contributed by atoms with E-state index in [1.165, 1.54) is 0 Å². The highest BCUT2D eigenvalue weighted by atomic mass is 79.9. The monoisotopic (exact) mass is 273 g/mol. The van der Waals surface area contributed by atoms with Crippen LogP contribution in [0.25, 0.3) is 0 Å². The van der Waals surface area contributed by atoms with Crippen LogP contribution in [-0.4, -0.2) is 35.2 Å². The van der Waals surface area contributed by atoms with Gasteiger partial charge in [-0.3, -0.25) is 0 Å². The smallest absolute Gasteiger partial charge is 0.129 e. The number of rotatable bonds is 5. The minimum absolute atomic E-state index is 0.221. The number of nitrogen functional groups attached to an aromatic ring is 1. The normalized spacial score (nSPS) is 10.9. The third-order valence-corrected chi connectivity index (χ3v) is 2.56. The lowest BCUT2D eigenvalue weighted by molar-refractivity contribution is 0.244. The molecule has 0 aliphatic carbocycles. The van der Waals surface area contributed by atoms with E-state index < -0.39 is 0 Å². The number of halogens is 1. The van der Waals surface area contributed by atoms with Gasteiger partial charge in [-0.2, -0.15) is 0 Å². The van der Waals surface area contributed by atoms with E-state index in [1.54, 1.807) is 0 Å². The van der Waals surface area contributed by atoms with Gasteiger partial charge in [-0.15, -0.1) is 0 Å². The first-order valence-corrected chi connectivity index (χ1v) is 5.63. The molecule has 0 spiro atoms. The highest BCUT2D eigenvalue weighted by Gasteiger charge is 2.04. The Balaban J connectivity index is 2.56. The third-order valence-electron chi connectivity index (χ3n) is 2.12. The first-order valence-electron chi connectivity index (χ1n) is 4.84. The summed E-state index contributed by atoms with van der Waals surface area (Å²) in [5, 5.41) is 8.70. The lowest BCUT2D eigenvalue weighted by Crippen LogP contribution is -2.20. The van der Waals surface area contributed by atoms with Gasteiger partial charge in [-0.05, 0) is 35.5 Å². The van der Waals surface area contributed by atoms with Crippen LogP contribution in [0, 0.1) is 0 Å². The van der Waals surface area contributed by atoms with Gasteiger partial charge in [-0.25, -0.2) is 4.98 Å². The Morgan fingerprint density at radius 2 is 2.27 bits per heavy atom. The Morgan fingerprint density at radius 3 is 2.87 bits per heavy atom. The SMILES string of the molecule is CN(CCCO)Cc1ccc(Br)nc1N. The third kappa shape index (κ3) is 4.15. The van der Waals surface area contributed by atoms with Gasteiger partial charge in [0.05, 0.1) is 0 Å². The van der Waals surface area contributed by atoms with Crippen LogP contribution in [0.2, 0.25) is 0 Å². The zero-order valence-corrected chi connectivity index (χ0v) is 10.4. The Morgan fingerprint density at radius 1 is 1.53 bits per heavy atom. The molecule has 0 aromatic carbocycles. The maximum Gasteiger partial charge on any atom is 0.129 e. The molecule has 4 nitrogen and oxygen atoms in total. The molecule has 5 heteroatoms. The van der Waals surface area contributed by atoms with Gasteiger partial charge in [-0.1, -0.05) is 6.07 Å². The zero-order chi connectivity index (χ0) is 11.3. The van der Waals surface area contributed by atoms with Crippen molar-refractivity contribution in [1.82, 2.24) is 9.88 Å². The standard InChI is InChI=1S/C10H16BrN3O/c1-14(5-2-6-15)7-8-3-4-9(11)13-10(8)12/h3-4,15H,2,5-7H2,1H3,(H2,12,13). The van der Waals surface area contributed by atoms with Crippen molar-refractivity contribution in [3.63, 3.8) is 0 Å². The Kier molecular flexibility index (Phi) is 5.01. The molecule has 1 aromatic heterocycles. The Labute approximate surface area is 98.2 Å². The summed E-state index contributed by atoms with van der Waals surface area (Å²) in [4.78, 5) is 6.23. The predicted molar refractivity (Wildman–Crippen MR) is 64.4 cm³/mol. The van der Waals surface area contributed by atoms with Gasteiger partial charge < -0.3 is 15.7 Å². The minimum Gasteiger partial charge on any atom is -0.396 e. The van der Waals surface area contributed by atoms with E-state index in [0.29, 0.717) is 5.82 Å². The van der Waals surface area contributed by atoms with Crippen molar-refractivity contribution >= 4 is 21.7 Å². The maximum absolute atomic E-state index is 8.70. The van der Waals surface area contributed by atoms with Crippen LogP contribution in [0.1, 0.15) is 12.0 Å². The molecule has 0 saturated heterocycles. The van der Waals surface area contributed by atoms with Gasteiger partial charge in [0.25, 0.3) is 0 Å². The highest BCUT2D eigenvalue weighted by molar-refractivity contribution is 9.10. The van der Waals surface area contributed by atoms with Crippen molar-refractivity contribution in [3.05, 3.63) is 22.3 Å². The fourth-order valence-electron chi connectivity index (χ4n) is 1.32. The first kappa shape index (κ1) is 12.4. The Hall–Kier alpha value is -0.650. The molecule has 0 amide bonds. The van der Waals surface area contributed by atoms with Crippen LogP contribution in [-0.2, 0) is 6.54 Å². The second kappa shape index (κ2) is 6.05. The van der Waals surface area contributed by atoms with E-state index in [9.17, 15) is 0 Å². The second-order valence-electron chi connectivity index (χ2n) is 3.49. The number of aromatic nitrogens is 1. The predicted octanol–water partition coefficient (Wildman–Crippen LogP) is 1.24. The number of aliphatic hydroxyl groups is 1. The summed E-state index contributed by atoms with van der Waals surface area (Å²) in [6.45, 7) is 1.83.